The number of H-pyrrole nitrogens is 1. The van der Waals surface area contributed by atoms with E-state index in [4.69, 9.17) is 0 Å². The van der Waals surface area contributed by atoms with Crippen molar-refractivity contribution in [3.05, 3.63) is 40.0 Å². The SMILES string of the molecule is CNc1ccc2[nH]c(-c3ccccc3I)nc2n1. The van der Waals surface area contributed by atoms with Crippen LogP contribution in [0.4, 0.5) is 5.82 Å². The van der Waals surface area contributed by atoms with Gasteiger partial charge in [-0.15, -0.1) is 0 Å². The average Bonchev–Trinajstić information content (AvgIpc) is 2.81. The molecule has 2 aromatic heterocycles. The fourth-order valence-electron chi connectivity index (χ4n) is 1.81. The van der Waals surface area contributed by atoms with Crippen molar-refractivity contribution in [3.8, 4) is 11.4 Å². The van der Waals surface area contributed by atoms with Gasteiger partial charge in [-0.25, -0.2) is 9.97 Å². The van der Waals surface area contributed by atoms with E-state index in [2.05, 4.69) is 55.0 Å². The van der Waals surface area contributed by atoms with E-state index >= 15 is 0 Å². The van der Waals surface area contributed by atoms with Gasteiger partial charge in [0.25, 0.3) is 0 Å². The maximum atomic E-state index is 4.54. The Morgan fingerprint density at radius 1 is 1.11 bits per heavy atom. The molecule has 0 fully saturated rings. The van der Waals surface area contributed by atoms with Crippen LogP contribution in [0.25, 0.3) is 22.6 Å². The van der Waals surface area contributed by atoms with Crippen LogP contribution in [0.3, 0.4) is 0 Å². The number of fused-ring (bicyclic) bond motifs is 1. The minimum Gasteiger partial charge on any atom is -0.373 e. The van der Waals surface area contributed by atoms with Crippen molar-refractivity contribution in [2.75, 3.05) is 12.4 Å². The molecule has 90 valence electrons. The lowest BCUT2D eigenvalue weighted by molar-refractivity contribution is 1.28. The number of hydrogen-bond acceptors (Lipinski definition) is 3. The lowest BCUT2D eigenvalue weighted by Crippen LogP contribution is -1.91. The monoisotopic (exact) mass is 350 g/mol. The number of halogens is 1. The smallest absolute Gasteiger partial charge is 0.180 e. The predicted molar refractivity (Wildman–Crippen MR) is 81.6 cm³/mol. The molecule has 0 amide bonds. The van der Waals surface area contributed by atoms with Crippen molar-refractivity contribution in [2.24, 2.45) is 0 Å². The molecule has 2 N–H and O–H groups in total. The molecule has 18 heavy (non-hydrogen) atoms. The number of nitrogens with zero attached hydrogens (tertiary/aromatic N) is 2. The van der Waals surface area contributed by atoms with E-state index in [1.54, 1.807) is 0 Å². The summed E-state index contributed by atoms with van der Waals surface area (Å²) in [6.07, 6.45) is 0. The normalized spacial score (nSPS) is 10.8. The van der Waals surface area contributed by atoms with Gasteiger partial charge >= 0.3 is 0 Å². The molecule has 5 heteroatoms. The Morgan fingerprint density at radius 3 is 2.72 bits per heavy atom. The number of rotatable bonds is 2. The van der Waals surface area contributed by atoms with Crippen LogP contribution >= 0.6 is 22.6 Å². The summed E-state index contributed by atoms with van der Waals surface area (Å²) in [6, 6.07) is 12.1. The minimum atomic E-state index is 0.733. The first-order chi connectivity index (χ1) is 8.78. The highest BCUT2D eigenvalue weighted by molar-refractivity contribution is 14.1. The summed E-state index contributed by atoms with van der Waals surface area (Å²) in [4.78, 5) is 12.3. The Kier molecular flexibility index (Phi) is 2.91. The van der Waals surface area contributed by atoms with E-state index < -0.39 is 0 Å². The van der Waals surface area contributed by atoms with Gasteiger partial charge in [0.2, 0.25) is 0 Å². The van der Waals surface area contributed by atoms with Gasteiger partial charge in [-0.1, -0.05) is 18.2 Å². The third-order valence-electron chi connectivity index (χ3n) is 2.73. The molecule has 3 rings (SSSR count). The molecule has 0 saturated heterocycles. The summed E-state index contributed by atoms with van der Waals surface area (Å²) >= 11 is 2.31. The molecule has 0 radical (unpaired) electrons. The second-order valence-corrected chi connectivity index (χ2v) is 5.05. The van der Waals surface area contributed by atoms with Crippen LogP contribution < -0.4 is 5.32 Å². The van der Waals surface area contributed by atoms with Gasteiger partial charge in [-0.3, -0.25) is 0 Å². The zero-order valence-corrected chi connectivity index (χ0v) is 11.9. The third kappa shape index (κ3) is 1.94. The fraction of sp³-hybridized carbons (Fsp3) is 0.0769. The molecule has 0 saturated carbocycles. The first-order valence-corrected chi connectivity index (χ1v) is 6.65. The molecule has 1 aromatic carbocycles. The second-order valence-electron chi connectivity index (χ2n) is 3.88. The van der Waals surface area contributed by atoms with Crippen LogP contribution in [0.5, 0.6) is 0 Å². The number of imidazole rings is 1. The van der Waals surface area contributed by atoms with Crippen LogP contribution in [0.15, 0.2) is 36.4 Å². The van der Waals surface area contributed by atoms with Gasteiger partial charge in [0, 0.05) is 16.2 Å². The highest BCUT2D eigenvalue weighted by atomic mass is 127. The molecule has 0 aliphatic rings. The molecule has 4 nitrogen and oxygen atoms in total. The largest absolute Gasteiger partial charge is 0.373 e. The molecule has 0 aliphatic carbocycles. The molecule has 3 aromatic rings. The van der Waals surface area contributed by atoms with Gasteiger partial charge in [-0.2, -0.15) is 0 Å². The Bertz CT molecular complexity index is 705. The molecule has 0 bridgehead atoms. The number of aromatic nitrogens is 3. The van der Waals surface area contributed by atoms with E-state index in [9.17, 15) is 0 Å². The van der Waals surface area contributed by atoms with E-state index in [0.29, 0.717) is 0 Å². The number of pyridine rings is 1. The molecule has 2 heterocycles. The van der Waals surface area contributed by atoms with Crippen LogP contribution in [0, 0.1) is 3.57 Å². The van der Waals surface area contributed by atoms with Gasteiger partial charge in [0.1, 0.15) is 11.6 Å². The Morgan fingerprint density at radius 2 is 1.94 bits per heavy atom. The summed E-state index contributed by atoms with van der Waals surface area (Å²) in [6.45, 7) is 0. The maximum absolute atomic E-state index is 4.54. The van der Waals surface area contributed by atoms with Gasteiger partial charge in [0.05, 0.1) is 5.52 Å². The topological polar surface area (TPSA) is 53.6 Å². The van der Waals surface area contributed by atoms with Crippen molar-refractivity contribution in [3.63, 3.8) is 0 Å². The van der Waals surface area contributed by atoms with Crippen molar-refractivity contribution in [1.82, 2.24) is 15.0 Å². The Balaban J connectivity index is 2.17. The minimum absolute atomic E-state index is 0.733. The summed E-state index contributed by atoms with van der Waals surface area (Å²) in [5.41, 5.74) is 2.78. The van der Waals surface area contributed by atoms with Crippen LogP contribution in [-0.4, -0.2) is 22.0 Å². The lowest BCUT2D eigenvalue weighted by atomic mass is 10.2. The number of hydrogen-bond donors (Lipinski definition) is 2. The molecular formula is C13H11IN4. The van der Waals surface area contributed by atoms with Crippen LogP contribution in [0.2, 0.25) is 0 Å². The van der Waals surface area contributed by atoms with Crippen LogP contribution in [0.1, 0.15) is 0 Å². The highest BCUT2D eigenvalue weighted by Crippen LogP contribution is 2.24. The Hall–Kier alpha value is -1.63. The van der Waals surface area contributed by atoms with E-state index in [0.717, 1.165) is 28.4 Å². The van der Waals surface area contributed by atoms with Crippen molar-refractivity contribution < 1.29 is 0 Å². The summed E-state index contributed by atoms with van der Waals surface area (Å²) in [5, 5.41) is 3.01. The predicted octanol–water partition coefficient (Wildman–Crippen LogP) is 3.27. The van der Waals surface area contributed by atoms with Gasteiger partial charge in [-0.05, 0) is 40.8 Å². The Labute approximate surface area is 118 Å². The summed E-state index contributed by atoms with van der Waals surface area (Å²) in [7, 11) is 1.85. The third-order valence-corrected chi connectivity index (χ3v) is 3.67. The number of anilines is 1. The molecule has 0 atom stereocenters. The zero-order valence-electron chi connectivity index (χ0n) is 9.74. The maximum Gasteiger partial charge on any atom is 0.180 e. The van der Waals surface area contributed by atoms with Gasteiger partial charge in [0.15, 0.2) is 5.65 Å². The van der Waals surface area contributed by atoms with Crippen molar-refractivity contribution in [1.29, 1.82) is 0 Å². The molecule has 0 unspecified atom stereocenters. The van der Waals surface area contributed by atoms with Crippen molar-refractivity contribution >= 4 is 39.6 Å². The number of nitrogens with one attached hydrogen (secondary N) is 2. The van der Waals surface area contributed by atoms with Crippen LogP contribution in [-0.2, 0) is 0 Å². The zero-order chi connectivity index (χ0) is 12.5. The molecular weight excluding hydrogens is 339 g/mol. The van der Waals surface area contributed by atoms with E-state index in [-0.39, 0.29) is 0 Å². The fourth-order valence-corrected chi connectivity index (χ4v) is 2.46. The summed E-state index contributed by atoms with van der Waals surface area (Å²) in [5.74, 6) is 1.68. The summed E-state index contributed by atoms with van der Waals surface area (Å²) < 4.78 is 1.17. The standard InChI is InChI=1S/C13H11IN4/c1-15-11-7-6-10-13(17-11)18-12(16-10)8-4-2-3-5-9(8)14/h2-7H,1H3,(H2,15,16,17,18). The average molecular weight is 350 g/mol. The number of benzene rings is 1. The lowest BCUT2D eigenvalue weighted by Gasteiger charge is -1.98. The van der Waals surface area contributed by atoms with E-state index in [1.165, 1.54) is 3.57 Å². The highest BCUT2D eigenvalue weighted by Gasteiger charge is 2.09. The number of aromatic amines is 1. The molecule has 0 spiro atoms. The first kappa shape index (κ1) is 11.5. The van der Waals surface area contributed by atoms with Crippen molar-refractivity contribution in [2.45, 2.75) is 0 Å². The first-order valence-electron chi connectivity index (χ1n) is 5.57. The second kappa shape index (κ2) is 4.56. The van der Waals surface area contributed by atoms with E-state index in [1.807, 2.05) is 31.3 Å². The molecule has 0 aliphatic heterocycles. The van der Waals surface area contributed by atoms with Gasteiger partial charge < -0.3 is 10.3 Å². The quantitative estimate of drug-likeness (QED) is 0.698.